The summed E-state index contributed by atoms with van der Waals surface area (Å²) >= 11 is 0. The van der Waals surface area contributed by atoms with Gasteiger partial charge in [-0.2, -0.15) is 0 Å². The van der Waals surface area contributed by atoms with E-state index in [1.54, 1.807) is 0 Å². The van der Waals surface area contributed by atoms with E-state index in [0.29, 0.717) is 12.1 Å². The smallest absolute Gasteiger partial charge is 0.0112 e. The van der Waals surface area contributed by atoms with Crippen molar-refractivity contribution in [3.05, 3.63) is 0 Å². The Hall–Kier alpha value is -0.160. The zero-order valence-corrected chi connectivity index (χ0v) is 16.0. The summed E-state index contributed by atoms with van der Waals surface area (Å²) in [5, 5.41) is 0. The Kier molecular flexibility index (Phi) is 9.57. The number of nitrogens with zero attached hydrogens (tertiary/aromatic N) is 4. The normalized spacial score (nSPS) is 30.3. The van der Waals surface area contributed by atoms with Crippen LogP contribution >= 0.6 is 0 Å². The monoisotopic (exact) mass is 312 g/mol. The van der Waals surface area contributed by atoms with Gasteiger partial charge in [0.25, 0.3) is 0 Å². The fraction of sp³-hybridized carbons (Fsp3) is 1.00. The van der Waals surface area contributed by atoms with E-state index in [9.17, 15) is 0 Å². The first-order valence-electron chi connectivity index (χ1n) is 9.33. The Morgan fingerprint density at radius 2 is 1.00 bits per heavy atom. The van der Waals surface area contributed by atoms with Crippen LogP contribution in [0.5, 0.6) is 0 Å². The maximum atomic E-state index is 2.64. The molecule has 0 N–H and O–H groups in total. The molecule has 0 amide bonds. The predicted octanol–water partition coefficient (Wildman–Crippen LogP) is 2.06. The van der Waals surface area contributed by atoms with Gasteiger partial charge < -0.3 is 9.80 Å². The van der Waals surface area contributed by atoms with Crippen LogP contribution in [0, 0.1) is 0 Å². The van der Waals surface area contributed by atoms with Crippen molar-refractivity contribution >= 4 is 0 Å². The summed E-state index contributed by atoms with van der Waals surface area (Å²) in [6.07, 6.45) is 2.55. The van der Waals surface area contributed by atoms with Crippen molar-refractivity contribution < 1.29 is 0 Å². The molecule has 1 saturated heterocycles. The van der Waals surface area contributed by atoms with E-state index in [-0.39, 0.29) is 0 Å². The highest BCUT2D eigenvalue weighted by Gasteiger charge is 2.17. The summed E-state index contributed by atoms with van der Waals surface area (Å²) in [6.45, 7) is 18.9. The lowest BCUT2D eigenvalue weighted by atomic mass is 10.1. The third kappa shape index (κ3) is 6.95. The van der Waals surface area contributed by atoms with Gasteiger partial charge in [-0.1, -0.05) is 13.8 Å². The second kappa shape index (κ2) is 10.6. The van der Waals surface area contributed by atoms with Crippen molar-refractivity contribution in [3.63, 3.8) is 0 Å². The number of hydrogen-bond donors (Lipinski definition) is 0. The van der Waals surface area contributed by atoms with E-state index < -0.39 is 0 Å². The molecule has 0 aromatic rings. The Morgan fingerprint density at radius 1 is 0.636 bits per heavy atom. The lowest BCUT2D eigenvalue weighted by Crippen LogP contribution is -2.44. The summed E-state index contributed by atoms with van der Waals surface area (Å²) in [7, 11) is 4.56. The van der Waals surface area contributed by atoms with Crippen molar-refractivity contribution in [3.8, 4) is 0 Å². The first kappa shape index (κ1) is 19.9. The van der Waals surface area contributed by atoms with Crippen LogP contribution in [0.1, 0.15) is 40.5 Å². The Morgan fingerprint density at radius 3 is 1.32 bits per heavy atom. The molecule has 0 aliphatic carbocycles. The van der Waals surface area contributed by atoms with E-state index in [4.69, 9.17) is 0 Å². The standard InChI is InChI=1S/C18H40N4/c1-7-21-15-13-19(5)12-10-18(4)22(8-2)16-14-20(6)11-9-17(21)3/h17-18H,7-16H2,1-6H3. The number of hydrogen-bond acceptors (Lipinski definition) is 4. The molecule has 1 fully saturated rings. The summed E-state index contributed by atoms with van der Waals surface area (Å²) in [6, 6.07) is 1.37. The second-order valence-electron chi connectivity index (χ2n) is 7.14. The van der Waals surface area contributed by atoms with Crippen LogP contribution < -0.4 is 0 Å². The number of rotatable bonds is 2. The van der Waals surface area contributed by atoms with Crippen LogP contribution in [0.15, 0.2) is 0 Å². The Labute approximate surface area is 139 Å². The van der Waals surface area contributed by atoms with Gasteiger partial charge in [-0.05, 0) is 67.0 Å². The van der Waals surface area contributed by atoms with Gasteiger partial charge in [0.05, 0.1) is 0 Å². The lowest BCUT2D eigenvalue weighted by molar-refractivity contribution is 0.135. The SMILES string of the molecule is CCN1CCN(C)CCC(C)N(CC)CCN(C)CCC1C. The molecule has 0 bridgehead atoms. The fourth-order valence-corrected chi connectivity index (χ4v) is 3.38. The molecule has 2 unspecified atom stereocenters. The van der Waals surface area contributed by atoms with Gasteiger partial charge >= 0.3 is 0 Å². The van der Waals surface area contributed by atoms with E-state index >= 15 is 0 Å². The molecule has 132 valence electrons. The van der Waals surface area contributed by atoms with E-state index in [1.807, 2.05) is 0 Å². The minimum absolute atomic E-state index is 0.685. The van der Waals surface area contributed by atoms with Crippen LogP contribution in [-0.2, 0) is 0 Å². The minimum Gasteiger partial charge on any atom is -0.305 e. The highest BCUT2D eigenvalue weighted by Crippen LogP contribution is 2.09. The molecule has 0 aromatic carbocycles. The summed E-state index contributed by atoms with van der Waals surface area (Å²) in [5.74, 6) is 0. The highest BCUT2D eigenvalue weighted by atomic mass is 15.2. The molecule has 1 heterocycles. The van der Waals surface area contributed by atoms with Crippen LogP contribution in [0.3, 0.4) is 0 Å². The quantitative estimate of drug-likeness (QED) is 0.774. The van der Waals surface area contributed by atoms with Crippen molar-refractivity contribution in [2.45, 2.75) is 52.6 Å². The van der Waals surface area contributed by atoms with Gasteiger partial charge in [0.15, 0.2) is 0 Å². The average molecular weight is 313 g/mol. The predicted molar refractivity (Wildman–Crippen MR) is 97.6 cm³/mol. The van der Waals surface area contributed by atoms with Crippen molar-refractivity contribution in [2.24, 2.45) is 0 Å². The topological polar surface area (TPSA) is 13.0 Å². The first-order valence-corrected chi connectivity index (χ1v) is 9.33. The maximum Gasteiger partial charge on any atom is 0.0112 e. The fourth-order valence-electron chi connectivity index (χ4n) is 3.38. The molecule has 0 saturated carbocycles. The molecule has 1 aliphatic heterocycles. The molecular formula is C18H40N4. The van der Waals surface area contributed by atoms with Gasteiger partial charge in [-0.3, -0.25) is 9.80 Å². The third-order valence-corrected chi connectivity index (χ3v) is 5.45. The van der Waals surface area contributed by atoms with Gasteiger partial charge in [0.1, 0.15) is 0 Å². The van der Waals surface area contributed by atoms with Crippen molar-refractivity contribution in [1.82, 2.24) is 19.6 Å². The molecule has 1 rings (SSSR count). The molecular weight excluding hydrogens is 272 g/mol. The van der Waals surface area contributed by atoms with Crippen LogP contribution in [0.4, 0.5) is 0 Å². The van der Waals surface area contributed by atoms with Gasteiger partial charge in [0.2, 0.25) is 0 Å². The molecule has 4 nitrogen and oxygen atoms in total. The van der Waals surface area contributed by atoms with E-state index in [1.165, 1.54) is 65.2 Å². The maximum absolute atomic E-state index is 2.64. The summed E-state index contributed by atoms with van der Waals surface area (Å²) in [4.78, 5) is 10.3. The van der Waals surface area contributed by atoms with Crippen LogP contribution in [-0.4, -0.2) is 98.1 Å². The molecule has 4 heteroatoms. The second-order valence-corrected chi connectivity index (χ2v) is 7.14. The summed E-state index contributed by atoms with van der Waals surface area (Å²) in [5.41, 5.74) is 0. The Balaban J connectivity index is 2.65. The summed E-state index contributed by atoms with van der Waals surface area (Å²) < 4.78 is 0. The third-order valence-electron chi connectivity index (χ3n) is 5.45. The van der Waals surface area contributed by atoms with Crippen molar-refractivity contribution in [1.29, 1.82) is 0 Å². The number of likely N-dealkylation sites (N-methyl/N-ethyl adjacent to an activating group) is 4. The van der Waals surface area contributed by atoms with Gasteiger partial charge in [-0.15, -0.1) is 0 Å². The molecule has 22 heavy (non-hydrogen) atoms. The molecule has 1 aliphatic rings. The zero-order chi connectivity index (χ0) is 16.5. The zero-order valence-electron chi connectivity index (χ0n) is 16.0. The lowest BCUT2D eigenvalue weighted by Gasteiger charge is -2.34. The van der Waals surface area contributed by atoms with Crippen molar-refractivity contribution in [2.75, 3.05) is 66.5 Å². The van der Waals surface area contributed by atoms with Crippen LogP contribution in [0.2, 0.25) is 0 Å². The van der Waals surface area contributed by atoms with E-state index in [2.05, 4.69) is 61.4 Å². The minimum atomic E-state index is 0.685. The van der Waals surface area contributed by atoms with Gasteiger partial charge in [-0.25, -0.2) is 0 Å². The Bertz CT molecular complexity index is 256. The molecule has 0 spiro atoms. The molecule has 0 aromatic heterocycles. The van der Waals surface area contributed by atoms with E-state index in [0.717, 1.165) is 0 Å². The van der Waals surface area contributed by atoms with Gasteiger partial charge in [0, 0.05) is 38.3 Å². The molecule has 2 atom stereocenters. The largest absolute Gasteiger partial charge is 0.305 e. The first-order chi connectivity index (χ1) is 10.5. The van der Waals surface area contributed by atoms with Crippen LogP contribution in [0.25, 0.3) is 0 Å². The average Bonchev–Trinajstić information content (AvgIpc) is 2.51. The molecule has 0 radical (unpaired) electrons. The highest BCUT2D eigenvalue weighted by molar-refractivity contribution is 4.73.